The number of hydrogen-bond acceptors (Lipinski definition) is 4. The quantitative estimate of drug-likeness (QED) is 0.345. The minimum Gasteiger partial charge on any atom is -0.357 e. The van der Waals surface area contributed by atoms with Crippen molar-refractivity contribution in [3.63, 3.8) is 0 Å². The van der Waals surface area contributed by atoms with Gasteiger partial charge in [-0.2, -0.15) is 0 Å². The van der Waals surface area contributed by atoms with Crippen LogP contribution >= 0.6 is 35.3 Å². The van der Waals surface area contributed by atoms with Gasteiger partial charge < -0.3 is 15.5 Å². The summed E-state index contributed by atoms with van der Waals surface area (Å²) in [5.74, 6) is 3.24. The van der Waals surface area contributed by atoms with Crippen LogP contribution in [0.2, 0.25) is 0 Å². The van der Waals surface area contributed by atoms with E-state index in [1.54, 1.807) is 11.3 Å². The van der Waals surface area contributed by atoms with Gasteiger partial charge in [-0.05, 0) is 6.92 Å². The third kappa shape index (κ3) is 6.63. The maximum atomic E-state index is 5.21. The normalized spacial score (nSPS) is 10.3. The van der Waals surface area contributed by atoms with E-state index in [1.807, 2.05) is 31.3 Å². The molecule has 7 heteroatoms. The molecule has 0 aliphatic carbocycles. The Morgan fingerprint density at radius 1 is 1.53 bits per heavy atom. The average Bonchev–Trinajstić information content (AvgIpc) is 2.81. The van der Waals surface area contributed by atoms with E-state index in [1.165, 1.54) is 0 Å². The van der Waals surface area contributed by atoms with Gasteiger partial charge >= 0.3 is 0 Å². The van der Waals surface area contributed by atoms with Crippen LogP contribution in [0.3, 0.4) is 0 Å². The summed E-state index contributed by atoms with van der Waals surface area (Å²) in [6.07, 6.45) is 5.21. The third-order valence-corrected chi connectivity index (χ3v) is 3.08. The minimum absolute atomic E-state index is 0. The summed E-state index contributed by atoms with van der Waals surface area (Å²) in [5, 5.41) is 9.17. The Kier molecular flexibility index (Phi) is 9.34. The summed E-state index contributed by atoms with van der Waals surface area (Å²) in [7, 11) is 3.95. The van der Waals surface area contributed by atoms with Gasteiger partial charge in [-0.1, -0.05) is 5.92 Å². The lowest BCUT2D eigenvalue weighted by molar-refractivity contribution is 0.859. The number of anilines is 1. The van der Waals surface area contributed by atoms with Gasteiger partial charge in [0.05, 0.1) is 18.8 Å². The Morgan fingerprint density at radius 3 is 2.79 bits per heavy atom. The van der Waals surface area contributed by atoms with Gasteiger partial charge in [0.15, 0.2) is 11.1 Å². The Hall–Kier alpha value is -1.01. The Labute approximate surface area is 135 Å². The predicted molar refractivity (Wildman–Crippen MR) is 93.5 cm³/mol. The first-order valence-corrected chi connectivity index (χ1v) is 6.62. The molecule has 0 aliphatic heterocycles. The van der Waals surface area contributed by atoms with Crippen LogP contribution < -0.4 is 15.5 Å². The van der Waals surface area contributed by atoms with Gasteiger partial charge in [-0.3, -0.25) is 0 Å². The van der Waals surface area contributed by atoms with Crippen LogP contribution in [0.1, 0.15) is 12.6 Å². The van der Waals surface area contributed by atoms with E-state index in [4.69, 9.17) is 6.42 Å². The van der Waals surface area contributed by atoms with E-state index in [2.05, 4.69) is 26.5 Å². The van der Waals surface area contributed by atoms with Gasteiger partial charge in [0.2, 0.25) is 0 Å². The fourth-order valence-corrected chi connectivity index (χ4v) is 1.96. The lowest BCUT2D eigenvalue weighted by atomic mass is 10.5. The number of thiazole rings is 1. The lowest BCUT2D eigenvalue weighted by Gasteiger charge is -2.08. The fraction of sp³-hybridized carbons (Fsp3) is 0.500. The number of guanidine groups is 1. The highest BCUT2D eigenvalue weighted by Crippen LogP contribution is 2.18. The molecule has 0 fully saturated rings. The second kappa shape index (κ2) is 9.86. The van der Waals surface area contributed by atoms with Crippen molar-refractivity contribution >= 4 is 46.4 Å². The first-order chi connectivity index (χ1) is 8.67. The number of hydrogen-bond donors (Lipinski definition) is 2. The summed E-state index contributed by atoms with van der Waals surface area (Å²) in [6, 6.07) is 0. The van der Waals surface area contributed by atoms with Gasteiger partial charge in [0.1, 0.15) is 0 Å². The Bertz CT molecular complexity index is 436. The molecule has 0 unspecified atom stereocenters. The molecule has 0 atom stereocenters. The number of aliphatic imine (C=N–C) groups is 1. The molecule has 0 amide bonds. The molecule has 0 radical (unpaired) electrons. The molecule has 0 saturated carbocycles. The van der Waals surface area contributed by atoms with E-state index >= 15 is 0 Å². The first-order valence-electron chi connectivity index (χ1n) is 5.74. The molecule has 1 aromatic heterocycles. The van der Waals surface area contributed by atoms with E-state index in [9.17, 15) is 0 Å². The van der Waals surface area contributed by atoms with Crippen molar-refractivity contribution in [3.8, 4) is 12.3 Å². The number of nitrogens with zero attached hydrogens (tertiary/aromatic N) is 3. The van der Waals surface area contributed by atoms with E-state index in [0.29, 0.717) is 13.1 Å². The zero-order valence-corrected chi connectivity index (χ0v) is 14.6. The van der Waals surface area contributed by atoms with Gasteiger partial charge in [-0.25, -0.2) is 9.98 Å². The minimum atomic E-state index is 0. The highest BCUT2D eigenvalue weighted by Gasteiger charge is 2.03. The fourth-order valence-electron chi connectivity index (χ4n) is 1.21. The van der Waals surface area contributed by atoms with Crippen molar-refractivity contribution < 1.29 is 0 Å². The topological polar surface area (TPSA) is 52.6 Å². The maximum absolute atomic E-state index is 5.21. The molecule has 2 N–H and O–H groups in total. The summed E-state index contributed by atoms with van der Waals surface area (Å²) in [4.78, 5) is 10.9. The van der Waals surface area contributed by atoms with Gasteiger partial charge in [0.25, 0.3) is 0 Å². The molecule has 0 spiro atoms. The zero-order chi connectivity index (χ0) is 13.4. The first kappa shape index (κ1) is 18.0. The van der Waals surface area contributed by atoms with Crippen LogP contribution in [0, 0.1) is 12.3 Å². The molecule has 19 heavy (non-hydrogen) atoms. The molecular weight excluding hydrogens is 373 g/mol. The Balaban J connectivity index is 0.00000324. The number of halogens is 1. The average molecular weight is 393 g/mol. The molecule has 0 bridgehead atoms. The molecular formula is C12H20IN5S. The highest BCUT2D eigenvalue weighted by molar-refractivity contribution is 14.0. The summed E-state index contributed by atoms with van der Waals surface area (Å²) in [5.41, 5.74) is 0.960. The van der Waals surface area contributed by atoms with Crippen molar-refractivity contribution in [2.75, 3.05) is 32.1 Å². The predicted octanol–water partition coefficient (Wildman–Crippen LogP) is 1.52. The summed E-state index contributed by atoms with van der Waals surface area (Å²) >= 11 is 1.61. The Morgan fingerprint density at radius 2 is 2.26 bits per heavy atom. The molecule has 1 heterocycles. The van der Waals surface area contributed by atoms with Crippen LogP contribution in [0.15, 0.2) is 10.4 Å². The molecule has 0 aromatic carbocycles. The summed E-state index contributed by atoms with van der Waals surface area (Å²) < 4.78 is 0. The van der Waals surface area contributed by atoms with E-state index in [-0.39, 0.29) is 24.0 Å². The standard InChI is InChI=1S/C12H19N5S.HI/c1-5-7-14-11(13-6-2)15-8-10-9-18-12(16-10)17(3)4;/h1,9H,6-8H2,2-4H3,(H2,13,14,15);1H. The maximum Gasteiger partial charge on any atom is 0.192 e. The second-order valence-electron chi connectivity index (χ2n) is 3.77. The molecule has 1 rings (SSSR count). The monoisotopic (exact) mass is 393 g/mol. The van der Waals surface area contributed by atoms with Crippen molar-refractivity contribution in [2.45, 2.75) is 13.5 Å². The van der Waals surface area contributed by atoms with Crippen LogP contribution in [0.25, 0.3) is 0 Å². The second-order valence-corrected chi connectivity index (χ2v) is 4.61. The van der Waals surface area contributed by atoms with Crippen LogP contribution in [0.5, 0.6) is 0 Å². The number of terminal acetylenes is 1. The van der Waals surface area contributed by atoms with E-state index in [0.717, 1.165) is 23.3 Å². The lowest BCUT2D eigenvalue weighted by Crippen LogP contribution is -2.37. The molecule has 106 valence electrons. The van der Waals surface area contributed by atoms with Crippen LogP contribution in [0.4, 0.5) is 5.13 Å². The van der Waals surface area contributed by atoms with Crippen molar-refractivity contribution in [1.29, 1.82) is 0 Å². The van der Waals surface area contributed by atoms with Crippen LogP contribution in [-0.2, 0) is 6.54 Å². The third-order valence-electron chi connectivity index (χ3n) is 2.02. The molecule has 5 nitrogen and oxygen atoms in total. The zero-order valence-electron chi connectivity index (χ0n) is 11.4. The largest absolute Gasteiger partial charge is 0.357 e. The van der Waals surface area contributed by atoms with Gasteiger partial charge in [0, 0.05) is 26.0 Å². The smallest absolute Gasteiger partial charge is 0.192 e. The van der Waals surface area contributed by atoms with E-state index < -0.39 is 0 Å². The molecule has 0 aliphatic rings. The molecule has 1 aromatic rings. The number of aromatic nitrogens is 1. The number of nitrogens with one attached hydrogen (secondary N) is 2. The molecule has 0 saturated heterocycles. The van der Waals surface area contributed by atoms with Crippen molar-refractivity contribution in [2.24, 2.45) is 4.99 Å². The van der Waals surface area contributed by atoms with Crippen molar-refractivity contribution in [3.05, 3.63) is 11.1 Å². The van der Waals surface area contributed by atoms with Crippen molar-refractivity contribution in [1.82, 2.24) is 15.6 Å². The van der Waals surface area contributed by atoms with Gasteiger partial charge in [-0.15, -0.1) is 41.7 Å². The van der Waals surface area contributed by atoms with Crippen LogP contribution in [-0.4, -0.2) is 38.1 Å². The SMILES string of the molecule is C#CCNC(=NCc1csc(N(C)C)n1)NCC.I. The number of rotatable bonds is 5. The summed E-state index contributed by atoms with van der Waals surface area (Å²) in [6.45, 7) is 3.83. The highest BCUT2D eigenvalue weighted by atomic mass is 127.